The Labute approximate surface area is 94.4 Å². The summed E-state index contributed by atoms with van der Waals surface area (Å²) in [5, 5.41) is 9.00. The summed E-state index contributed by atoms with van der Waals surface area (Å²) < 4.78 is 5.15. The van der Waals surface area contributed by atoms with Gasteiger partial charge in [0, 0.05) is 13.0 Å². The highest BCUT2D eigenvalue weighted by atomic mass is 16.5. The molecule has 0 radical (unpaired) electrons. The smallest absolute Gasteiger partial charge is 0.311 e. The first-order chi connectivity index (χ1) is 7.52. The highest BCUT2D eigenvalue weighted by molar-refractivity contribution is 5.82. The molecule has 2 aliphatic rings. The third kappa shape index (κ3) is 1.91. The fourth-order valence-electron chi connectivity index (χ4n) is 2.25. The van der Waals surface area contributed by atoms with Crippen LogP contribution >= 0.6 is 0 Å². The lowest BCUT2D eigenvalue weighted by Crippen LogP contribution is -2.44. The van der Waals surface area contributed by atoms with E-state index >= 15 is 0 Å². The first-order valence-electron chi connectivity index (χ1n) is 5.59. The van der Waals surface area contributed by atoms with E-state index in [2.05, 4.69) is 0 Å². The predicted molar refractivity (Wildman–Crippen MR) is 55.8 cm³/mol. The zero-order valence-corrected chi connectivity index (χ0v) is 9.55. The first-order valence-corrected chi connectivity index (χ1v) is 5.59. The molecule has 1 N–H and O–H groups in total. The molecule has 90 valence electrons. The fourth-order valence-corrected chi connectivity index (χ4v) is 2.25. The van der Waals surface area contributed by atoms with Crippen molar-refractivity contribution in [3.63, 3.8) is 0 Å². The van der Waals surface area contributed by atoms with Crippen molar-refractivity contribution >= 4 is 11.9 Å². The van der Waals surface area contributed by atoms with Crippen molar-refractivity contribution in [1.82, 2.24) is 4.90 Å². The summed E-state index contributed by atoms with van der Waals surface area (Å²) in [7, 11) is 1.68. The molecule has 1 saturated heterocycles. The average Bonchev–Trinajstić information content (AvgIpc) is 2.80. The van der Waals surface area contributed by atoms with Gasteiger partial charge in [0.15, 0.2) is 0 Å². The summed E-state index contributed by atoms with van der Waals surface area (Å²) >= 11 is 0. The van der Waals surface area contributed by atoms with Gasteiger partial charge in [-0.1, -0.05) is 6.92 Å². The number of likely N-dealkylation sites (N-methyl/N-ethyl adjacent to an activating group) is 1. The van der Waals surface area contributed by atoms with Gasteiger partial charge >= 0.3 is 5.97 Å². The number of carboxylic acid groups (broad SMARTS) is 1. The molecule has 0 spiro atoms. The molecule has 0 aromatic rings. The molecule has 1 aliphatic heterocycles. The maximum Gasteiger partial charge on any atom is 0.311 e. The maximum atomic E-state index is 11.9. The molecule has 2 rings (SSSR count). The number of rotatable bonds is 3. The molecule has 0 bridgehead atoms. The summed E-state index contributed by atoms with van der Waals surface area (Å²) in [6.07, 6.45) is 0.925. The lowest BCUT2D eigenvalue weighted by Gasteiger charge is -2.26. The van der Waals surface area contributed by atoms with E-state index in [1.165, 1.54) is 0 Å². The van der Waals surface area contributed by atoms with Crippen LogP contribution in [0.1, 0.15) is 13.3 Å². The fraction of sp³-hybridized carbons (Fsp3) is 0.818. The largest absolute Gasteiger partial charge is 0.481 e. The van der Waals surface area contributed by atoms with Crippen LogP contribution in [0.2, 0.25) is 0 Å². The molecular formula is C11H17NO4. The van der Waals surface area contributed by atoms with E-state index in [0.717, 1.165) is 6.42 Å². The molecular weight excluding hydrogens is 210 g/mol. The minimum absolute atomic E-state index is 0.0641. The summed E-state index contributed by atoms with van der Waals surface area (Å²) in [5.41, 5.74) is 0. The Bertz CT molecular complexity index is 317. The highest BCUT2D eigenvalue weighted by Gasteiger charge is 2.45. The minimum atomic E-state index is -0.883. The minimum Gasteiger partial charge on any atom is -0.481 e. The Morgan fingerprint density at radius 2 is 1.94 bits per heavy atom. The zero-order valence-electron chi connectivity index (χ0n) is 9.55. The normalized spacial score (nSPS) is 37.1. The van der Waals surface area contributed by atoms with Gasteiger partial charge in [-0.25, -0.2) is 0 Å². The molecule has 1 saturated carbocycles. The van der Waals surface area contributed by atoms with E-state index < -0.39 is 11.9 Å². The van der Waals surface area contributed by atoms with Gasteiger partial charge in [0.05, 0.1) is 19.3 Å². The number of aliphatic carboxylic acids is 1. The van der Waals surface area contributed by atoms with Crippen LogP contribution in [0.25, 0.3) is 0 Å². The number of nitrogens with zero attached hydrogens (tertiary/aromatic N) is 1. The zero-order chi connectivity index (χ0) is 11.9. The van der Waals surface area contributed by atoms with E-state index in [4.69, 9.17) is 9.84 Å². The lowest BCUT2D eigenvalue weighted by molar-refractivity contribution is -0.144. The quantitative estimate of drug-likeness (QED) is 0.748. The summed E-state index contributed by atoms with van der Waals surface area (Å²) in [6, 6.07) is -0.308. The Balaban J connectivity index is 2.00. The van der Waals surface area contributed by atoms with Gasteiger partial charge in [0.2, 0.25) is 5.91 Å². The maximum absolute atomic E-state index is 11.9. The van der Waals surface area contributed by atoms with Crippen molar-refractivity contribution in [3.05, 3.63) is 0 Å². The Hall–Kier alpha value is -1.10. The molecule has 4 atom stereocenters. The van der Waals surface area contributed by atoms with Crippen molar-refractivity contribution in [2.75, 3.05) is 20.3 Å². The molecule has 1 heterocycles. The molecule has 1 aliphatic carbocycles. The van der Waals surface area contributed by atoms with Crippen LogP contribution in [0.4, 0.5) is 0 Å². The number of carbonyl (C=O) groups is 2. The average molecular weight is 227 g/mol. The van der Waals surface area contributed by atoms with Gasteiger partial charge < -0.3 is 14.7 Å². The number of ether oxygens (including phenoxy) is 1. The van der Waals surface area contributed by atoms with Gasteiger partial charge in [-0.15, -0.1) is 0 Å². The molecule has 0 aromatic heterocycles. The monoisotopic (exact) mass is 227 g/mol. The highest BCUT2D eigenvalue weighted by Crippen LogP contribution is 2.39. The van der Waals surface area contributed by atoms with Gasteiger partial charge in [-0.2, -0.15) is 0 Å². The SMILES string of the molecule is CC1CC1C(=O)N(C)C1COCC1C(=O)O. The van der Waals surface area contributed by atoms with Crippen molar-refractivity contribution < 1.29 is 19.4 Å². The van der Waals surface area contributed by atoms with Crippen molar-refractivity contribution in [1.29, 1.82) is 0 Å². The second kappa shape index (κ2) is 4.05. The second-order valence-electron chi connectivity index (χ2n) is 4.82. The van der Waals surface area contributed by atoms with Crippen LogP contribution < -0.4 is 0 Å². The van der Waals surface area contributed by atoms with Gasteiger partial charge in [-0.05, 0) is 12.3 Å². The summed E-state index contributed by atoms with van der Waals surface area (Å²) in [5.74, 6) is -0.858. The molecule has 0 aromatic carbocycles. The van der Waals surface area contributed by atoms with Gasteiger partial charge in [0.1, 0.15) is 5.92 Å². The topological polar surface area (TPSA) is 66.8 Å². The number of carbonyl (C=O) groups excluding carboxylic acids is 1. The summed E-state index contributed by atoms with van der Waals surface area (Å²) in [4.78, 5) is 24.5. The Morgan fingerprint density at radius 3 is 2.44 bits per heavy atom. The Kier molecular flexibility index (Phi) is 2.88. The van der Waals surface area contributed by atoms with Crippen LogP contribution in [-0.2, 0) is 14.3 Å². The van der Waals surface area contributed by atoms with E-state index in [0.29, 0.717) is 12.5 Å². The number of hydrogen-bond donors (Lipinski definition) is 1. The number of carboxylic acids is 1. The van der Waals surface area contributed by atoms with Crippen LogP contribution in [-0.4, -0.2) is 48.2 Å². The summed E-state index contributed by atoms with van der Waals surface area (Å²) in [6.45, 7) is 2.58. The standard InChI is InChI=1S/C11H17NO4/c1-6-3-7(6)10(13)12(2)9-5-16-4-8(9)11(14)15/h6-9H,3-5H2,1-2H3,(H,14,15). The molecule has 1 amide bonds. The number of hydrogen-bond acceptors (Lipinski definition) is 3. The third-order valence-corrected chi connectivity index (χ3v) is 3.64. The van der Waals surface area contributed by atoms with Crippen molar-refractivity contribution in [3.8, 4) is 0 Å². The molecule has 16 heavy (non-hydrogen) atoms. The van der Waals surface area contributed by atoms with Gasteiger partial charge in [-0.3, -0.25) is 9.59 Å². The van der Waals surface area contributed by atoms with E-state index in [9.17, 15) is 9.59 Å². The van der Waals surface area contributed by atoms with E-state index in [1.54, 1.807) is 11.9 Å². The first kappa shape index (κ1) is 11.4. The van der Waals surface area contributed by atoms with Crippen molar-refractivity contribution in [2.45, 2.75) is 19.4 Å². The van der Waals surface area contributed by atoms with Crippen LogP contribution in [0, 0.1) is 17.8 Å². The predicted octanol–water partition coefficient (Wildman–Crippen LogP) is 0.200. The van der Waals surface area contributed by atoms with Crippen LogP contribution in [0.5, 0.6) is 0 Å². The molecule has 5 heteroatoms. The second-order valence-corrected chi connectivity index (χ2v) is 4.82. The third-order valence-electron chi connectivity index (χ3n) is 3.64. The Morgan fingerprint density at radius 1 is 1.31 bits per heavy atom. The lowest BCUT2D eigenvalue weighted by atomic mass is 10.0. The van der Waals surface area contributed by atoms with E-state index in [1.807, 2.05) is 6.92 Å². The molecule has 5 nitrogen and oxygen atoms in total. The number of amides is 1. The van der Waals surface area contributed by atoms with Crippen LogP contribution in [0.3, 0.4) is 0 Å². The van der Waals surface area contributed by atoms with Crippen molar-refractivity contribution in [2.24, 2.45) is 17.8 Å². The molecule has 2 fully saturated rings. The van der Waals surface area contributed by atoms with Gasteiger partial charge in [0.25, 0.3) is 0 Å². The molecule has 4 unspecified atom stereocenters. The van der Waals surface area contributed by atoms with E-state index in [-0.39, 0.29) is 24.5 Å². The van der Waals surface area contributed by atoms with Crippen LogP contribution in [0.15, 0.2) is 0 Å².